The lowest BCUT2D eigenvalue weighted by molar-refractivity contribution is -0.137. The van der Waals surface area contributed by atoms with Crippen LogP contribution in [-0.2, 0) is 19.1 Å². The molecule has 1 aromatic carbocycles. The van der Waals surface area contributed by atoms with Crippen LogP contribution < -0.4 is 5.32 Å². The summed E-state index contributed by atoms with van der Waals surface area (Å²) in [5, 5.41) is 10.1. The van der Waals surface area contributed by atoms with E-state index in [1.165, 1.54) is 0 Å². The van der Waals surface area contributed by atoms with Gasteiger partial charge >= 0.3 is 12.2 Å². The van der Waals surface area contributed by atoms with Gasteiger partial charge in [-0.3, -0.25) is 5.10 Å². The number of aromatic nitrogens is 3. The smallest absolute Gasteiger partial charge is 0.320 e. The number of halogens is 4. The molecule has 3 heterocycles. The Balaban J connectivity index is 1.51. The minimum atomic E-state index is -4.49. The first-order valence-corrected chi connectivity index (χ1v) is 8.43. The minimum absolute atomic E-state index is 0.129. The van der Waals surface area contributed by atoms with E-state index in [4.69, 9.17) is 11.6 Å². The molecule has 0 aliphatic carbocycles. The molecule has 1 aliphatic heterocycles. The van der Waals surface area contributed by atoms with E-state index in [9.17, 15) is 18.0 Å². The molecule has 2 aromatic heterocycles. The first kappa shape index (κ1) is 17.6. The van der Waals surface area contributed by atoms with Crippen molar-refractivity contribution < 1.29 is 18.0 Å². The van der Waals surface area contributed by atoms with Crippen molar-refractivity contribution >= 4 is 34.4 Å². The Bertz CT molecular complexity index is 1030. The van der Waals surface area contributed by atoms with Crippen LogP contribution in [0.4, 0.5) is 23.7 Å². The number of urea groups is 1. The van der Waals surface area contributed by atoms with Gasteiger partial charge in [-0.15, -0.1) is 0 Å². The van der Waals surface area contributed by atoms with Gasteiger partial charge in [0.25, 0.3) is 0 Å². The third-order valence-corrected chi connectivity index (χ3v) is 4.81. The van der Waals surface area contributed by atoms with Crippen molar-refractivity contribution in [3.05, 3.63) is 52.3 Å². The number of nitrogens with zero attached hydrogens (tertiary/aromatic N) is 3. The molecule has 2 N–H and O–H groups in total. The summed E-state index contributed by atoms with van der Waals surface area (Å²) in [6, 6.07) is 2.39. The summed E-state index contributed by atoms with van der Waals surface area (Å²) < 4.78 is 38.1. The van der Waals surface area contributed by atoms with Gasteiger partial charge in [-0.2, -0.15) is 18.3 Å². The molecule has 0 saturated heterocycles. The molecule has 0 spiro atoms. The third kappa shape index (κ3) is 3.30. The lowest BCUT2D eigenvalue weighted by atomic mass is 9.99. The molecule has 0 fully saturated rings. The van der Waals surface area contributed by atoms with Crippen LogP contribution in [0.1, 0.15) is 16.7 Å². The molecule has 0 atom stereocenters. The van der Waals surface area contributed by atoms with E-state index in [1.807, 2.05) is 0 Å². The first-order chi connectivity index (χ1) is 12.8. The van der Waals surface area contributed by atoms with Crippen molar-refractivity contribution in [1.82, 2.24) is 20.1 Å². The number of fused-ring (bicyclic) bond motifs is 3. The van der Waals surface area contributed by atoms with Crippen LogP contribution in [0, 0.1) is 0 Å². The molecule has 1 aliphatic rings. The number of anilines is 1. The Morgan fingerprint density at radius 3 is 2.85 bits per heavy atom. The number of rotatable bonds is 1. The maximum absolute atomic E-state index is 12.7. The molecule has 0 radical (unpaired) electrons. The summed E-state index contributed by atoms with van der Waals surface area (Å²) in [6.45, 7) is 0.801. The van der Waals surface area contributed by atoms with Crippen LogP contribution >= 0.6 is 11.6 Å². The monoisotopic (exact) mass is 395 g/mol. The summed E-state index contributed by atoms with van der Waals surface area (Å²) in [4.78, 5) is 18.4. The number of pyridine rings is 1. The predicted octanol–water partition coefficient (Wildman–Crippen LogP) is 4.22. The number of benzene rings is 1. The van der Waals surface area contributed by atoms with Gasteiger partial charge in [0, 0.05) is 24.7 Å². The number of nitrogens with one attached hydrogen (secondary N) is 2. The highest BCUT2D eigenvalue weighted by molar-refractivity contribution is 6.33. The summed E-state index contributed by atoms with van der Waals surface area (Å²) in [7, 11) is 0. The van der Waals surface area contributed by atoms with Gasteiger partial charge < -0.3 is 10.2 Å². The Morgan fingerprint density at radius 2 is 2.11 bits per heavy atom. The van der Waals surface area contributed by atoms with Crippen LogP contribution in [0.15, 0.2) is 30.6 Å². The predicted molar refractivity (Wildman–Crippen MR) is 93.5 cm³/mol. The van der Waals surface area contributed by atoms with E-state index in [2.05, 4.69) is 20.5 Å². The highest BCUT2D eigenvalue weighted by Crippen LogP contribution is 2.34. The van der Waals surface area contributed by atoms with Crippen molar-refractivity contribution in [2.45, 2.75) is 19.1 Å². The number of hydrogen-bond donors (Lipinski definition) is 2. The maximum atomic E-state index is 12.7. The number of carbonyl (C=O) groups excluding carboxylic acids is 1. The van der Waals surface area contributed by atoms with Gasteiger partial charge in [0.05, 0.1) is 22.5 Å². The minimum Gasteiger partial charge on any atom is -0.320 e. The zero-order valence-electron chi connectivity index (χ0n) is 13.8. The van der Waals surface area contributed by atoms with Gasteiger partial charge in [0.1, 0.15) is 0 Å². The van der Waals surface area contributed by atoms with Crippen LogP contribution in [-0.4, -0.2) is 32.7 Å². The molecular weight excluding hydrogens is 383 g/mol. The van der Waals surface area contributed by atoms with Crippen LogP contribution in [0.5, 0.6) is 0 Å². The standard InChI is InChI=1S/C17H13ClF3N5O/c18-13-5-10(17(19,20)21)1-2-14(13)24-16(27)26-4-3-11-9(8-26)6-22-15-12(11)7-23-25-15/h1-2,5-7H,3-4,8H2,(H,24,27)(H,22,23,25). The highest BCUT2D eigenvalue weighted by Gasteiger charge is 2.31. The second-order valence-electron chi connectivity index (χ2n) is 6.19. The molecule has 140 valence electrons. The van der Waals surface area contributed by atoms with E-state index in [1.54, 1.807) is 17.3 Å². The molecule has 6 nitrogen and oxygen atoms in total. The van der Waals surface area contributed by atoms with Crippen molar-refractivity contribution in [1.29, 1.82) is 0 Å². The fourth-order valence-corrected chi connectivity index (χ4v) is 3.34. The molecule has 0 saturated carbocycles. The van der Waals surface area contributed by atoms with E-state index < -0.39 is 17.8 Å². The van der Waals surface area contributed by atoms with Gasteiger partial charge in [-0.05, 0) is 35.7 Å². The number of hydrogen-bond acceptors (Lipinski definition) is 3. The van der Waals surface area contributed by atoms with Crippen molar-refractivity contribution in [2.24, 2.45) is 0 Å². The number of alkyl halides is 3. The van der Waals surface area contributed by atoms with Gasteiger partial charge in [0.15, 0.2) is 5.65 Å². The largest absolute Gasteiger partial charge is 0.416 e. The molecule has 10 heteroatoms. The molecular formula is C17H13ClF3N5O. The number of carbonyl (C=O) groups is 1. The molecule has 0 bridgehead atoms. The zero-order valence-corrected chi connectivity index (χ0v) is 14.5. The van der Waals surface area contributed by atoms with Gasteiger partial charge in [-0.25, -0.2) is 9.78 Å². The topological polar surface area (TPSA) is 73.9 Å². The summed E-state index contributed by atoms with van der Waals surface area (Å²) in [5.41, 5.74) is 1.95. The average molecular weight is 396 g/mol. The van der Waals surface area contributed by atoms with Crippen molar-refractivity contribution in [2.75, 3.05) is 11.9 Å². The van der Waals surface area contributed by atoms with Crippen LogP contribution in [0.3, 0.4) is 0 Å². The van der Waals surface area contributed by atoms with E-state index in [0.29, 0.717) is 25.2 Å². The average Bonchev–Trinajstić information content (AvgIpc) is 3.11. The van der Waals surface area contributed by atoms with Gasteiger partial charge in [0.2, 0.25) is 0 Å². The second kappa shape index (κ2) is 6.41. The van der Waals surface area contributed by atoms with Crippen LogP contribution in [0.2, 0.25) is 5.02 Å². The normalized spacial score (nSPS) is 14.3. The van der Waals surface area contributed by atoms with Crippen LogP contribution in [0.25, 0.3) is 11.0 Å². The second-order valence-corrected chi connectivity index (χ2v) is 6.60. The summed E-state index contributed by atoms with van der Waals surface area (Å²) >= 11 is 5.90. The third-order valence-electron chi connectivity index (χ3n) is 4.50. The quantitative estimate of drug-likeness (QED) is 0.648. The molecule has 3 aromatic rings. The summed E-state index contributed by atoms with van der Waals surface area (Å²) in [5.74, 6) is 0. The summed E-state index contributed by atoms with van der Waals surface area (Å²) in [6.07, 6.45) is -0.463. The number of H-pyrrole nitrogens is 1. The van der Waals surface area contributed by atoms with Crippen molar-refractivity contribution in [3.63, 3.8) is 0 Å². The number of aromatic amines is 1. The zero-order chi connectivity index (χ0) is 19.2. The Kier molecular flexibility index (Phi) is 4.18. The SMILES string of the molecule is O=C(Nc1ccc(C(F)(F)F)cc1Cl)N1CCc2c(cnc3[nH]ncc23)C1. The molecule has 4 rings (SSSR count). The fourth-order valence-electron chi connectivity index (χ4n) is 3.12. The van der Waals surface area contributed by atoms with E-state index in [0.717, 1.165) is 34.7 Å². The molecule has 27 heavy (non-hydrogen) atoms. The Hall–Kier alpha value is -2.81. The van der Waals surface area contributed by atoms with Gasteiger partial charge in [-0.1, -0.05) is 11.6 Å². The maximum Gasteiger partial charge on any atom is 0.416 e. The Morgan fingerprint density at radius 1 is 1.30 bits per heavy atom. The highest BCUT2D eigenvalue weighted by atomic mass is 35.5. The molecule has 2 amide bonds. The van der Waals surface area contributed by atoms with E-state index >= 15 is 0 Å². The lowest BCUT2D eigenvalue weighted by Gasteiger charge is -2.29. The number of amides is 2. The lowest BCUT2D eigenvalue weighted by Crippen LogP contribution is -2.39. The molecule has 0 unspecified atom stereocenters. The van der Waals surface area contributed by atoms with Crippen molar-refractivity contribution in [3.8, 4) is 0 Å². The van der Waals surface area contributed by atoms with E-state index in [-0.39, 0.29) is 10.7 Å². The fraction of sp³-hybridized carbons (Fsp3) is 0.235. The Labute approximate surface area is 156 Å². The first-order valence-electron chi connectivity index (χ1n) is 8.05.